The lowest BCUT2D eigenvalue weighted by Crippen LogP contribution is -2.13. The lowest BCUT2D eigenvalue weighted by molar-refractivity contribution is -0.117. The summed E-state index contributed by atoms with van der Waals surface area (Å²) in [6.45, 7) is 1.83. The lowest BCUT2D eigenvalue weighted by Gasteiger charge is -2.04. The van der Waals surface area contributed by atoms with E-state index >= 15 is 0 Å². The molecule has 0 aromatic carbocycles. The lowest BCUT2D eigenvalue weighted by atomic mass is 10.1. The molecule has 0 unspecified atom stereocenters. The summed E-state index contributed by atoms with van der Waals surface area (Å²) in [6, 6.07) is 7.14. The average molecular weight is 310 g/mol. The minimum absolute atomic E-state index is 0.0180. The van der Waals surface area contributed by atoms with Gasteiger partial charge in [-0.05, 0) is 43.5 Å². The van der Waals surface area contributed by atoms with Crippen molar-refractivity contribution >= 4 is 17.2 Å². The molecule has 3 heterocycles. The van der Waals surface area contributed by atoms with Crippen molar-refractivity contribution < 1.29 is 9.18 Å². The van der Waals surface area contributed by atoms with Crippen molar-refractivity contribution in [3.8, 4) is 11.1 Å². The predicted octanol–water partition coefficient (Wildman–Crippen LogP) is 3.19. The minimum Gasteiger partial charge on any atom is -0.309 e. The molecule has 0 bridgehead atoms. The Kier molecular flexibility index (Phi) is 3.11. The zero-order valence-electron chi connectivity index (χ0n) is 12.6. The Morgan fingerprint density at radius 2 is 2.17 bits per heavy atom. The van der Waals surface area contributed by atoms with Crippen LogP contribution in [0.3, 0.4) is 0 Å². The highest BCUT2D eigenvalue weighted by Crippen LogP contribution is 2.30. The number of hydrogen-bond acceptors (Lipinski definition) is 3. The fourth-order valence-corrected chi connectivity index (χ4v) is 2.56. The topological polar surface area (TPSA) is 59.3 Å². The van der Waals surface area contributed by atoms with Crippen LogP contribution in [0.5, 0.6) is 0 Å². The summed E-state index contributed by atoms with van der Waals surface area (Å²) in [5, 5.41) is 7.13. The van der Waals surface area contributed by atoms with Gasteiger partial charge in [-0.1, -0.05) is 0 Å². The van der Waals surface area contributed by atoms with Crippen molar-refractivity contribution in [2.45, 2.75) is 19.8 Å². The first-order valence-electron chi connectivity index (χ1n) is 7.53. The third kappa shape index (κ3) is 2.67. The number of hydrogen-bond donors (Lipinski definition) is 1. The van der Waals surface area contributed by atoms with Gasteiger partial charge in [-0.2, -0.15) is 5.10 Å². The van der Waals surface area contributed by atoms with E-state index in [1.54, 1.807) is 28.9 Å². The monoisotopic (exact) mass is 310 g/mol. The summed E-state index contributed by atoms with van der Waals surface area (Å²) in [4.78, 5) is 15.8. The van der Waals surface area contributed by atoms with Crippen molar-refractivity contribution in [3.05, 3.63) is 48.2 Å². The number of nitrogens with zero attached hydrogens (tertiary/aromatic N) is 3. The molecule has 4 rings (SSSR count). The first-order valence-corrected chi connectivity index (χ1v) is 7.53. The highest BCUT2D eigenvalue weighted by molar-refractivity contribution is 5.93. The Morgan fingerprint density at radius 1 is 1.35 bits per heavy atom. The smallest absolute Gasteiger partial charge is 0.228 e. The van der Waals surface area contributed by atoms with Crippen LogP contribution in [-0.4, -0.2) is 20.5 Å². The van der Waals surface area contributed by atoms with Gasteiger partial charge < -0.3 is 5.32 Å². The fraction of sp³-hybridized carbons (Fsp3) is 0.235. The van der Waals surface area contributed by atoms with E-state index in [0.717, 1.165) is 29.6 Å². The van der Waals surface area contributed by atoms with Crippen molar-refractivity contribution in [2.24, 2.45) is 5.92 Å². The standard InChI is InChI=1S/C17H15FN4O/c1-10-6-14(15(18)9-19-10)12-4-5-22-13(7-12)8-16(21-22)20-17(23)11-2-3-11/h4-9,11H,2-3H2,1H3,(H,20,21,23). The quantitative estimate of drug-likeness (QED) is 0.808. The molecule has 3 aromatic heterocycles. The zero-order chi connectivity index (χ0) is 16.0. The number of pyridine rings is 2. The van der Waals surface area contributed by atoms with Crippen LogP contribution < -0.4 is 5.32 Å². The highest BCUT2D eigenvalue weighted by Gasteiger charge is 2.30. The van der Waals surface area contributed by atoms with Gasteiger partial charge in [0.15, 0.2) is 5.82 Å². The summed E-state index contributed by atoms with van der Waals surface area (Å²) >= 11 is 0. The average Bonchev–Trinajstić information content (AvgIpc) is 3.30. The molecule has 0 atom stereocenters. The molecule has 1 N–H and O–H groups in total. The maximum absolute atomic E-state index is 14.0. The number of halogens is 1. The van der Waals surface area contributed by atoms with Crippen LogP contribution in [-0.2, 0) is 4.79 Å². The molecule has 0 aliphatic heterocycles. The Hall–Kier alpha value is -2.76. The summed E-state index contributed by atoms with van der Waals surface area (Å²) in [5.74, 6) is 0.306. The van der Waals surface area contributed by atoms with E-state index in [1.807, 2.05) is 13.0 Å². The van der Waals surface area contributed by atoms with Crippen LogP contribution >= 0.6 is 0 Å². The Morgan fingerprint density at radius 3 is 2.96 bits per heavy atom. The molecule has 3 aromatic rings. The molecule has 1 fully saturated rings. The van der Waals surface area contributed by atoms with Crippen molar-refractivity contribution in [1.29, 1.82) is 0 Å². The summed E-state index contributed by atoms with van der Waals surface area (Å²) < 4.78 is 15.7. The van der Waals surface area contributed by atoms with Gasteiger partial charge in [0.05, 0.1) is 11.7 Å². The molecule has 1 saturated carbocycles. The molecule has 1 aliphatic carbocycles. The van der Waals surface area contributed by atoms with E-state index in [1.165, 1.54) is 6.20 Å². The van der Waals surface area contributed by atoms with E-state index in [0.29, 0.717) is 11.4 Å². The zero-order valence-corrected chi connectivity index (χ0v) is 12.6. The van der Waals surface area contributed by atoms with Crippen molar-refractivity contribution in [3.63, 3.8) is 0 Å². The molecule has 0 saturated heterocycles. The molecule has 6 heteroatoms. The number of fused-ring (bicyclic) bond motifs is 1. The summed E-state index contributed by atoms with van der Waals surface area (Å²) in [7, 11) is 0. The number of nitrogens with one attached hydrogen (secondary N) is 1. The normalized spacial score (nSPS) is 14.2. The number of aryl methyl sites for hydroxylation is 1. The first-order chi connectivity index (χ1) is 11.1. The largest absolute Gasteiger partial charge is 0.309 e. The second-order valence-corrected chi connectivity index (χ2v) is 5.88. The number of amides is 1. The van der Waals surface area contributed by atoms with Gasteiger partial charge in [0, 0.05) is 29.4 Å². The van der Waals surface area contributed by atoms with Crippen LogP contribution in [0, 0.1) is 18.7 Å². The van der Waals surface area contributed by atoms with Gasteiger partial charge >= 0.3 is 0 Å². The molecule has 0 radical (unpaired) electrons. The second-order valence-electron chi connectivity index (χ2n) is 5.88. The second kappa shape index (κ2) is 5.15. The first kappa shape index (κ1) is 13.9. The third-order valence-electron chi connectivity index (χ3n) is 3.97. The van der Waals surface area contributed by atoms with Gasteiger partial charge in [0.1, 0.15) is 5.82 Å². The van der Waals surface area contributed by atoms with Gasteiger partial charge in [0.25, 0.3) is 0 Å². The van der Waals surface area contributed by atoms with Crippen LogP contribution in [0.2, 0.25) is 0 Å². The van der Waals surface area contributed by atoms with Gasteiger partial charge in [0.2, 0.25) is 5.91 Å². The highest BCUT2D eigenvalue weighted by atomic mass is 19.1. The molecule has 0 spiro atoms. The molecule has 1 aliphatic rings. The van der Waals surface area contributed by atoms with E-state index in [2.05, 4.69) is 15.4 Å². The number of carbonyl (C=O) groups excluding carboxylic acids is 1. The maximum Gasteiger partial charge on any atom is 0.228 e. The van der Waals surface area contributed by atoms with Crippen LogP contribution in [0.1, 0.15) is 18.5 Å². The van der Waals surface area contributed by atoms with E-state index in [-0.39, 0.29) is 17.6 Å². The number of aromatic nitrogens is 3. The van der Waals surface area contributed by atoms with Gasteiger partial charge in [-0.25, -0.2) is 8.91 Å². The van der Waals surface area contributed by atoms with Gasteiger partial charge in [-0.15, -0.1) is 0 Å². The predicted molar refractivity (Wildman–Crippen MR) is 84.5 cm³/mol. The Balaban J connectivity index is 1.69. The molecule has 5 nitrogen and oxygen atoms in total. The van der Waals surface area contributed by atoms with Crippen LogP contribution in [0.25, 0.3) is 16.6 Å². The van der Waals surface area contributed by atoms with E-state index in [4.69, 9.17) is 0 Å². The molecule has 23 heavy (non-hydrogen) atoms. The summed E-state index contributed by atoms with van der Waals surface area (Å²) in [5.41, 5.74) is 2.81. The third-order valence-corrected chi connectivity index (χ3v) is 3.97. The SMILES string of the molecule is Cc1cc(-c2ccn3nc(NC(=O)C4CC4)cc3c2)c(F)cn1. The van der Waals surface area contributed by atoms with Crippen LogP contribution in [0.4, 0.5) is 10.2 Å². The number of anilines is 1. The van der Waals surface area contributed by atoms with E-state index in [9.17, 15) is 9.18 Å². The number of rotatable bonds is 3. The minimum atomic E-state index is -0.360. The van der Waals surface area contributed by atoms with Gasteiger partial charge in [-0.3, -0.25) is 9.78 Å². The number of carbonyl (C=O) groups is 1. The summed E-state index contributed by atoms with van der Waals surface area (Å²) in [6.07, 6.45) is 4.88. The Bertz CT molecular complexity index is 914. The molecular weight excluding hydrogens is 295 g/mol. The van der Waals surface area contributed by atoms with Crippen molar-refractivity contribution in [2.75, 3.05) is 5.32 Å². The molecule has 1 amide bonds. The Labute approximate surface area is 132 Å². The fourth-order valence-electron chi connectivity index (χ4n) is 2.56. The van der Waals surface area contributed by atoms with Crippen LogP contribution in [0.15, 0.2) is 36.7 Å². The van der Waals surface area contributed by atoms with E-state index < -0.39 is 0 Å². The molecule has 116 valence electrons. The molecular formula is C17H15FN4O. The van der Waals surface area contributed by atoms with Crippen molar-refractivity contribution in [1.82, 2.24) is 14.6 Å². The maximum atomic E-state index is 14.0.